The van der Waals surface area contributed by atoms with Crippen LogP contribution in [0.4, 0.5) is 18.9 Å². The van der Waals surface area contributed by atoms with Crippen LogP contribution in [-0.4, -0.2) is 17.1 Å². The van der Waals surface area contributed by atoms with Gasteiger partial charge in [-0.25, -0.2) is 4.90 Å². The van der Waals surface area contributed by atoms with Crippen molar-refractivity contribution >= 4 is 29.3 Å². The second kappa shape index (κ2) is 6.55. The van der Waals surface area contributed by atoms with Gasteiger partial charge in [-0.3, -0.25) is 9.59 Å². The molecule has 1 heterocycles. The van der Waals surface area contributed by atoms with Crippen molar-refractivity contribution in [1.29, 1.82) is 0 Å². The molecule has 1 aliphatic heterocycles. The Bertz CT molecular complexity index is 818. The zero-order valence-electron chi connectivity index (χ0n) is 13.2. The number of halogens is 3. The third-order valence-electron chi connectivity index (χ3n) is 3.85. The van der Waals surface area contributed by atoms with Crippen LogP contribution in [0.15, 0.2) is 53.4 Å². The number of benzene rings is 2. The van der Waals surface area contributed by atoms with Gasteiger partial charge in [-0.2, -0.15) is 13.2 Å². The highest BCUT2D eigenvalue weighted by atomic mass is 32.2. The molecule has 25 heavy (non-hydrogen) atoms. The predicted molar refractivity (Wildman–Crippen MR) is 89.4 cm³/mol. The molecule has 0 bridgehead atoms. The van der Waals surface area contributed by atoms with E-state index in [-0.39, 0.29) is 6.42 Å². The Hall–Kier alpha value is -2.28. The summed E-state index contributed by atoms with van der Waals surface area (Å²) in [7, 11) is 0. The van der Waals surface area contributed by atoms with Gasteiger partial charge in [0.15, 0.2) is 0 Å². The van der Waals surface area contributed by atoms with Crippen molar-refractivity contribution in [3.63, 3.8) is 0 Å². The van der Waals surface area contributed by atoms with Gasteiger partial charge in [-0.05, 0) is 31.2 Å². The SMILES string of the molecule is Cc1ccc(S[C@H]2CC(=O)N(c3ccccc3C(F)(F)F)C2=O)cc1. The lowest BCUT2D eigenvalue weighted by molar-refractivity contribution is -0.137. The van der Waals surface area contributed by atoms with E-state index in [2.05, 4.69) is 0 Å². The monoisotopic (exact) mass is 365 g/mol. The van der Waals surface area contributed by atoms with Crippen LogP contribution >= 0.6 is 11.8 Å². The standard InChI is InChI=1S/C18H14F3NO2S/c1-11-6-8-12(9-7-11)25-15-10-16(23)22(17(15)24)14-5-3-2-4-13(14)18(19,20)21/h2-9,15H,10H2,1H3/t15-/m0/s1. The van der Waals surface area contributed by atoms with E-state index >= 15 is 0 Å². The normalized spacial score (nSPS) is 18.1. The summed E-state index contributed by atoms with van der Waals surface area (Å²) in [5.41, 5.74) is -0.339. The van der Waals surface area contributed by atoms with E-state index < -0.39 is 34.5 Å². The number of anilines is 1. The first-order chi connectivity index (χ1) is 11.8. The molecule has 3 rings (SSSR count). The van der Waals surface area contributed by atoms with Crippen LogP contribution in [0, 0.1) is 6.92 Å². The van der Waals surface area contributed by atoms with Crippen molar-refractivity contribution in [3.8, 4) is 0 Å². The summed E-state index contributed by atoms with van der Waals surface area (Å²) >= 11 is 1.19. The van der Waals surface area contributed by atoms with Crippen molar-refractivity contribution in [2.45, 2.75) is 29.7 Å². The van der Waals surface area contributed by atoms with Crippen LogP contribution in [0.5, 0.6) is 0 Å². The molecule has 3 nitrogen and oxygen atoms in total. The summed E-state index contributed by atoms with van der Waals surface area (Å²) < 4.78 is 39.5. The third-order valence-corrected chi connectivity index (χ3v) is 5.05. The lowest BCUT2D eigenvalue weighted by atomic mass is 10.1. The zero-order valence-corrected chi connectivity index (χ0v) is 14.0. The number of para-hydroxylation sites is 1. The molecule has 130 valence electrons. The van der Waals surface area contributed by atoms with Gasteiger partial charge < -0.3 is 0 Å². The third kappa shape index (κ3) is 3.56. The van der Waals surface area contributed by atoms with Crippen LogP contribution in [-0.2, 0) is 15.8 Å². The van der Waals surface area contributed by atoms with Gasteiger partial charge >= 0.3 is 6.18 Å². The Morgan fingerprint density at radius 2 is 1.68 bits per heavy atom. The maximum absolute atomic E-state index is 13.2. The summed E-state index contributed by atoms with van der Waals surface area (Å²) in [6, 6.07) is 12.0. The lowest BCUT2D eigenvalue weighted by Gasteiger charge is -2.20. The van der Waals surface area contributed by atoms with E-state index in [0.29, 0.717) is 4.90 Å². The van der Waals surface area contributed by atoms with E-state index in [1.54, 1.807) is 0 Å². The summed E-state index contributed by atoms with van der Waals surface area (Å²) in [4.78, 5) is 26.3. The topological polar surface area (TPSA) is 37.4 Å². The number of thioether (sulfide) groups is 1. The van der Waals surface area contributed by atoms with Crippen molar-refractivity contribution in [3.05, 3.63) is 59.7 Å². The van der Waals surface area contributed by atoms with Crippen molar-refractivity contribution in [1.82, 2.24) is 0 Å². The summed E-state index contributed by atoms with van der Waals surface area (Å²) in [6.07, 6.45) is -4.76. The second-order valence-electron chi connectivity index (χ2n) is 5.71. The van der Waals surface area contributed by atoms with Gasteiger partial charge in [0.25, 0.3) is 0 Å². The number of hydrogen-bond acceptors (Lipinski definition) is 3. The predicted octanol–water partition coefficient (Wildman–Crippen LogP) is 4.44. The number of amides is 2. The van der Waals surface area contributed by atoms with E-state index in [1.165, 1.54) is 23.9 Å². The Kier molecular flexibility index (Phi) is 4.60. The molecule has 1 aliphatic rings. The van der Waals surface area contributed by atoms with E-state index in [4.69, 9.17) is 0 Å². The van der Waals surface area contributed by atoms with Gasteiger partial charge in [0.2, 0.25) is 11.8 Å². The molecule has 0 unspecified atom stereocenters. The fourth-order valence-electron chi connectivity index (χ4n) is 2.64. The first kappa shape index (κ1) is 17.5. The van der Waals surface area contributed by atoms with Gasteiger partial charge in [-0.1, -0.05) is 29.8 Å². The number of aryl methyl sites for hydroxylation is 1. The molecule has 0 saturated carbocycles. The molecule has 0 aromatic heterocycles. The maximum Gasteiger partial charge on any atom is 0.418 e. The number of carbonyl (C=O) groups excluding carboxylic acids is 2. The number of imide groups is 1. The molecular formula is C18H14F3NO2S. The highest BCUT2D eigenvalue weighted by molar-refractivity contribution is 8.00. The number of hydrogen-bond donors (Lipinski definition) is 0. The molecule has 1 saturated heterocycles. The van der Waals surface area contributed by atoms with Crippen LogP contribution < -0.4 is 4.90 Å². The number of nitrogens with zero attached hydrogens (tertiary/aromatic N) is 1. The molecule has 2 aromatic carbocycles. The molecule has 0 N–H and O–H groups in total. The summed E-state index contributed by atoms with van der Waals surface area (Å²) in [6.45, 7) is 1.93. The quantitative estimate of drug-likeness (QED) is 0.755. The summed E-state index contributed by atoms with van der Waals surface area (Å²) in [5.74, 6) is -1.24. The fourth-order valence-corrected chi connectivity index (χ4v) is 3.69. The average Bonchev–Trinajstić information content (AvgIpc) is 2.83. The Morgan fingerprint density at radius 1 is 1.04 bits per heavy atom. The largest absolute Gasteiger partial charge is 0.418 e. The van der Waals surface area contributed by atoms with E-state index in [0.717, 1.165) is 22.6 Å². The average molecular weight is 365 g/mol. The van der Waals surface area contributed by atoms with Crippen molar-refractivity contribution in [2.24, 2.45) is 0 Å². The molecule has 0 aliphatic carbocycles. The molecule has 0 radical (unpaired) electrons. The Labute approximate surface area is 146 Å². The first-order valence-corrected chi connectivity index (χ1v) is 8.41. The molecule has 2 aromatic rings. The minimum absolute atomic E-state index is 0.121. The Balaban J connectivity index is 1.89. The van der Waals surface area contributed by atoms with E-state index in [9.17, 15) is 22.8 Å². The molecule has 2 amide bonds. The number of rotatable bonds is 3. The number of carbonyl (C=O) groups is 2. The van der Waals surface area contributed by atoms with E-state index in [1.807, 2.05) is 31.2 Å². The zero-order chi connectivity index (χ0) is 18.2. The minimum atomic E-state index is -4.64. The second-order valence-corrected chi connectivity index (χ2v) is 6.98. The van der Waals surface area contributed by atoms with Crippen molar-refractivity contribution in [2.75, 3.05) is 4.90 Å². The van der Waals surface area contributed by atoms with Gasteiger partial charge in [0.05, 0.1) is 16.5 Å². The van der Waals surface area contributed by atoms with Crippen LogP contribution in [0.3, 0.4) is 0 Å². The van der Waals surface area contributed by atoms with Crippen LogP contribution in [0.1, 0.15) is 17.5 Å². The lowest BCUT2D eigenvalue weighted by Crippen LogP contribution is -2.33. The highest BCUT2D eigenvalue weighted by Gasteiger charge is 2.44. The molecule has 0 spiro atoms. The van der Waals surface area contributed by atoms with Gasteiger partial charge in [0.1, 0.15) is 0 Å². The van der Waals surface area contributed by atoms with Crippen molar-refractivity contribution < 1.29 is 22.8 Å². The minimum Gasteiger partial charge on any atom is -0.274 e. The molecule has 1 atom stereocenters. The Morgan fingerprint density at radius 3 is 2.32 bits per heavy atom. The van der Waals surface area contributed by atoms with Crippen LogP contribution in [0.2, 0.25) is 0 Å². The summed E-state index contributed by atoms with van der Waals surface area (Å²) in [5, 5.41) is -0.725. The van der Waals surface area contributed by atoms with Gasteiger partial charge in [-0.15, -0.1) is 11.8 Å². The smallest absolute Gasteiger partial charge is 0.274 e. The molecule has 7 heteroatoms. The molecular weight excluding hydrogens is 351 g/mol. The van der Waals surface area contributed by atoms with Gasteiger partial charge in [0, 0.05) is 11.3 Å². The number of alkyl halides is 3. The highest BCUT2D eigenvalue weighted by Crippen LogP contribution is 2.40. The first-order valence-electron chi connectivity index (χ1n) is 7.54. The van der Waals surface area contributed by atoms with Crippen LogP contribution in [0.25, 0.3) is 0 Å². The molecule has 1 fully saturated rings. The maximum atomic E-state index is 13.2. The fraction of sp³-hybridized carbons (Fsp3) is 0.222.